The smallest absolute Gasteiger partial charge is 0.338 e. The number of ether oxygens (including phenoxy) is 1. The quantitative estimate of drug-likeness (QED) is 0.325. The van der Waals surface area contributed by atoms with Crippen molar-refractivity contribution in [3.05, 3.63) is 69.2 Å². The van der Waals surface area contributed by atoms with Crippen LogP contribution in [0.1, 0.15) is 66.3 Å². The lowest BCUT2D eigenvalue weighted by molar-refractivity contribution is -0.137. The van der Waals surface area contributed by atoms with Crippen LogP contribution in [0, 0.1) is 6.92 Å². The predicted octanol–water partition coefficient (Wildman–Crippen LogP) is 6.51. The molecule has 2 atom stereocenters. The first kappa shape index (κ1) is 27.4. The molecule has 0 saturated heterocycles. The number of halogens is 1. The molecule has 2 aromatic carbocycles. The lowest BCUT2D eigenvalue weighted by Gasteiger charge is -2.45. The van der Waals surface area contributed by atoms with Gasteiger partial charge in [-0.1, -0.05) is 62.2 Å². The molecule has 5 nitrogen and oxygen atoms in total. The van der Waals surface area contributed by atoms with Crippen LogP contribution in [0.25, 0.3) is 0 Å². The minimum atomic E-state index is -2.05. The Hall–Kier alpha value is -2.15. The molecule has 0 spiro atoms. The maximum Gasteiger partial charge on any atom is 0.338 e. The summed E-state index contributed by atoms with van der Waals surface area (Å²) in [6, 6.07) is 11.0. The van der Waals surface area contributed by atoms with Crippen LogP contribution in [-0.2, 0) is 26.8 Å². The molecule has 0 saturated carbocycles. The van der Waals surface area contributed by atoms with E-state index in [2.05, 4.69) is 33.9 Å². The Bertz CT molecular complexity index is 1110. The summed E-state index contributed by atoms with van der Waals surface area (Å²) in [6.45, 7) is 15.5. The number of nitrogens with zero attached hydrogens (tertiary/aromatic N) is 1. The van der Waals surface area contributed by atoms with Crippen LogP contribution in [0.2, 0.25) is 23.2 Å². The Balaban J connectivity index is 2.00. The van der Waals surface area contributed by atoms with Crippen LogP contribution in [-0.4, -0.2) is 44.9 Å². The normalized spacial score (nSPS) is 18.3. The summed E-state index contributed by atoms with van der Waals surface area (Å²) in [5.74, 6) is -0.354. The Morgan fingerprint density at radius 1 is 1.17 bits per heavy atom. The van der Waals surface area contributed by atoms with Gasteiger partial charge in [-0.15, -0.1) is 0 Å². The first-order valence-electron chi connectivity index (χ1n) is 12.2. The molecule has 2 aromatic rings. The molecule has 0 aliphatic carbocycles. The summed E-state index contributed by atoms with van der Waals surface area (Å²) in [7, 11) is -0.654. The van der Waals surface area contributed by atoms with E-state index in [1.54, 1.807) is 6.07 Å². The molecule has 1 aliphatic rings. The average Bonchev–Trinajstić information content (AvgIpc) is 2.78. The van der Waals surface area contributed by atoms with E-state index < -0.39 is 8.32 Å². The zero-order chi connectivity index (χ0) is 26.1. The van der Waals surface area contributed by atoms with Crippen molar-refractivity contribution in [1.82, 2.24) is 4.90 Å². The molecule has 1 amide bonds. The first-order valence-corrected chi connectivity index (χ1v) is 15.5. The van der Waals surface area contributed by atoms with Gasteiger partial charge in [0.25, 0.3) is 0 Å². The van der Waals surface area contributed by atoms with Gasteiger partial charge in [0.15, 0.2) is 8.32 Å². The summed E-state index contributed by atoms with van der Waals surface area (Å²) in [4.78, 5) is 28.3. The van der Waals surface area contributed by atoms with Crippen molar-refractivity contribution in [2.75, 3.05) is 13.7 Å². The Morgan fingerprint density at radius 3 is 2.49 bits per heavy atom. The first-order chi connectivity index (χ1) is 16.3. The largest absolute Gasteiger partial charge is 0.465 e. The van der Waals surface area contributed by atoms with Gasteiger partial charge >= 0.3 is 5.97 Å². The molecule has 0 radical (unpaired) electrons. The topological polar surface area (TPSA) is 55.8 Å². The summed E-state index contributed by atoms with van der Waals surface area (Å²) in [6.07, 6.45) is 0.750. The van der Waals surface area contributed by atoms with E-state index in [0.29, 0.717) is 23.6 Å². The molecule has 0 fully saturated rings. The molecule has 190 valence electrons. The zero-order valence-electron chi connectivity index (χ0n) is 22.2. The van der Waals surface area contributed by atoms with Gasteiger partial charge in [0.05, 0.1) is 37.8 Å². The molecule has 0 N–H and O–H groups in total. The van der Waals surface area contributed by atoms with E-state index in [0.717, 1.165) is 22.3 Å². The van der Waals surface area contributed by atoms with Gasteiger partial charge in [-0.05, 0) is 67.2 Å². The van der Waals surface area contributed by atoms with Crippen LogP contribution in [0.3, 0.4) is 0 Å². The Kier molecular flexibility index (Phi) is 8.19. The van der Waals surface area contributed by atoms with Crippen LogP contribution in [0.15, 0.2) is 36.4 Å². The molecule has 1 heterocycles. The van der Waals surface area contributed by atoms with Gasteiger partial charge in [0.1, 0.15) is 0 Å². The van der Waals surface area contributed by atoms with Crippen LogP contribution in [0.5, 0.6) is 0 Å². The van der Waals surface area contributed by atoms with Crippen molar-refractivity contribution in [2.24, 2.45) is 0 Å². The van der Waals surface area contributed by atoms with Gasteiger partial charge in [-0.3, -0.25) is 4.79 Å². The van der Waals surface area contributed by atoms with Gasteiger partial charge in [0, 0.05) is 5.02 Å². The number of methoxy groups -OCH3 is 1. The van der Waals surface area contributed by atoms with E-state index in [-0.39, 0.29) is 35.4 Å². The third-order valence-corrected chi connectivity index (χ3v) is 12.5. The van der Waals surface area contributed by atoms with Crippen LogP contribution in [0.4, 0.5) is 0 Å². The molecule has 1 aliphatic heterocycles. The van der Waals surface area contributed by atoms with Crippen molar-refractivity contribution < 1.29 is 18.8 Å². The molecule has 3 rings (SSSR count). The van der Waals surface area contributed by atoms with Gasteiger partial charge in [-0.2, -0.15) is 0 Å². The Labute approximate surface area is 215 Å². The zero-order valence-corrected chi connectivity index (χ0v) is 24.0. The minimum absolute atomic E-state index is 0.00273. The van der Waals surface area contributed by atoms with Crippen molar-refractivity contribution >= 4 is 31.8 Å². The van der Waals surface area contributed by atoms with Crippen LogP contribution >= 0.6 is 11.6 Å². The second kappa shape index (κ2) is 10.5. The highest BCUT2D eigenvalue weighted by molar-refractivity contribution is 6.74. The predicted molar refractivity (Wildman–Crippen MR) is 144 cm³/mol. The monoisotopic (exact) mass is 515 g/mol. The number of amides is 1. The molecule has 35 heavy (non-hydrogen) atoms. The third kappa shape index (κ3) is 5.82. The Morgan fingerprint density at radius 2 is 1.86 bits per heavy atom. The number of rotatable bonds is 6. The maximum absolute atomic E-state index is 13.8. The molecule has 7 heteroatoms. The second-order valence-corrected chi connectivity index (χ2v) is 16.3. The number of fused-ring (bicyclic) bond motifs is 1. The van der Waals surface area contributed by atoms with Gasteiger partial charge in [0.2, 0.25) is 5.91 Å². The average molecular weight is 516 g/mol. The van der Waals surface area contributed by atoms with Crippen molar-refractivity contribution in [3.8, 4) is 0 Å². The SMILES string of the molecule is COC(=O)c1cccc2c1C[C@H](CO[Si](C)(C)C(C)(C)C)N(C(=O)Cc1cc(C)ccc1Cl)[C@H]2C. The number of benzene rings is 2. The fourth-order valence-electron chi connectivity index (χ4n) is 4.50. The second-order valence-electron chi connectivity index (χ2n) is 11.0. The van der Waals surface area contributed by atoms with E-state index in [1.165, 1.54) is 7.11 Å². The summed E-state index contributed by atoms with van der Waals surface area (Å²) >= 11 is 6.43. The highest BCUT2D eigenvalue weighted by Crippen LogP contribution is 2.39. The fraction of sp³-hybridized carbons (Fsp3) is 0.500. The van der Waals surface area contributed by atoms with E-state index in [9.17, 15) is 9.59 Å². The standard InChI is InChI=1S/C28H38ClNO4Si/c1-18-12-13-25(29)20(14-18)15-26(31)30-19(2)22-10-9-11-23(27(32)33-6)24(22)16-21(30)17-34-35(7,8)28(3,4)5/h9-14,19,21H,15-17H2,1-8H3/t19-,21+/m0/s1. The highest BCUT2D eigenvalue weighted by Gasteiger charge is 2.41. The molecule has 0 bridgehead atoms. The number of hydrogen-bond donors (Lipinski definition) is 0. The minimum Gasteiger partial charge on any atom is -0.465 e. The maximum atomic E-state index is 13.8. The van der Waals surface area contributed by atoms with Crippen LogP contribution < -0.4 is 0 Å². The van der Waals surface area contributed by atoms with Crippen molar-refractivity contribution in [2.45, 2.75) is 77.7 Å². The number of carbonyl (C=O) groups excluding carboxylic acids is 2. The lowest BCUT2D eigenvalue weighted by Crippen LogP contribution is -2.52. The molecule has 0 aromatic heterocycles. The number of hydrogen-bond acceptors (Lipinski definition) is 4. The number of carbonyl (C=O) groups is 2. The summed E-state index contributed by atoms with van der Waals surface area (Å²) in [5, 5.41) is 0.641. The number of esters is 1. The van der Waals surface area contributed by atoms with E-state index in [1.807, 2.05) is 49.1 Å². The van der Waals surface area contributed by atoms with E-state index >= 15 is 0 Å². The molecular weight excluding hydrogens is 478 g/mol. The van der Waals surface area contributed by atoms with Gasteiger partial charge < -0.3 is 14.1 Å². The third-order valence-electron chi connectivity index (χ3n) is 7.59. The van der Waals surface area contributed by atoms with Crippen molar-refractivity contribution in [3.63, 3.8) is 0 Å². The molecular formula is C28H38ClNO4Si. The van der Waals surface area contributed by atoms with Crippen molar-refractivity contribution in [1.29, 1.82) is 0 Å². The summed E-state index contributed by atoms with van der Waals surface area (Å²) in [5.41, 5.74) is 4.35. The lowest BCUT2D eigenvalue weighted by atomic mass is 9.85. The highest BCUT2D eigenvalue weighted by atomic mass is 35.5. The summed E-state index contributed by atoms with van der Waals surface area (Å²) < 4.78 is 11.7. The van der Waals surface area contributed by atoms with Gasteiger partial charge in [-0.25, -0.2) is 4.79 Å². The number of aryl methyl sites for hydroxylation is 1. The van der Waals surface area contributed by atoms with E-state index in [4.69, 9.17) is 20.8 Å². The molecule has 0 unspecified atom stereocenters. The fourth-order valence-corrected chi connectivity index (χ4v) is 5.72.